The Balaban J connectivity index is 0.000000199. The molecular formula is C91H149N15O25S5Si6. The van der Waals surface area contributed by atoms with Crippen molar-refractivity contribution in [3.63, 3.8) is 0 Å². The average molecular weight is 2180 g/mol. The molecule has 12 atom stereocenters. The number of fused-ring (bicyclic) bond motifs is 3. The van der Waals surface area contributed by atoms with Gasteiger partial charge in [0.1, 0.15) is 83.2 Å². The van der Waals surface area contributed by atoms with Crippen LogP contribution in [0.4, 0.5) is 17.3 Å². The van der Waals surface area contributed by atoms with E-state index in [9.17, 15) is 50.7 Å². The molecule has 0 aliphatic carbocycles. The summed E-state index contributed by atoms with van der Waals surface area (Å²) in [5.74, 6) is 0.118. The second-order valence-corrected chi connectivity index (χ2v) is 73.0. The number of pyridine rings is 1. The van der Waals surface area contributed by atoms with Crippen LogP contribution in [0.1, 0.15) is 225 Å². The van der Waals surface area contributed by atoms with E-state index in [0.717, 1.165) is 19.3 Å². The van der Waals surface area contributed by atoms with Crippen LogP contribution < -0.4 is 32.9 Å². The fourth-order valence-electron chi connectivity index (χ4n) is 19.4. The molecule has 8 fully saturated rings. The van der Waals surface area contributed by atoms with E-state index in [4.69, 9.17) is 99.2 Å². The van der Waals surface area contributed by atoms with Gasteiger partial charge in [0.2, 0.25) is 17.7 Å². The van der Waals surface area contributed by atoms with Gasteiger partial charge < -0.3 is 88.5 Å². The Kier molecular flexibility index (Phi) is 40.4. The first-order chi connectivity index (χ1) is 66.5. The van der Waals surface area contributed by atoms with Crippen LogP contribution in [0.15, 0.2) is 113 Å². The smallest absolute Gasteiger partial charge is 0.351 e. The molecule has 8 aliphatic rings. The number of hydrogen-bond donors (Lipinski definition) is 4. The maximum atomic E-state index is 13.5. The molecule has 40 nitrogen and oxygen atoms in total. The number of carbonyl (C=O) groups is 3. The molecule has 792 valence electrons. The van der Waals surface area contributed by atoms with Crippen molar-refractivity contribution in [2.24, 2.45) is 0 Å². The number of sulfone groups is 2. The lowest BCUT2D eigenvalue weighted by atomic mass is 10.1. The van der Waals surface area contributed by atoms with E-state index < -0.39 is 162 Å². The van der Waals surface area contributed by atoms with Crippen molar-refractivity contribution in [1.29, 1.82) is 0 Å². The highest BCUT2D eigenvalue weighted by Gasteiger charge is 2.67. The van der Waals surface area contributed by atoms with Gasteiger partial charge in [-0.2, -0.15) is 9.97 Å². The van der Waals surface area contributed by atoms with Crippen molar-refractivity contribution in [3.8, 4) is 0 Å². The van der Waals surface area contributed by atoms with Crippen LogP contribution in [-0.4, -0.2) is 275 Å². The summed E-state index contributed by atoms with van der Waals surface area (Å²) in [6.45, 7) is 56.3. The van der Waals surface area contributed by atoms with Gasteiger partial charge in [0, 0.05) is 101 Å². The minimum Gasteiger partial charge on any atom is -0.460 e. The normalized spacial score (nSPS) is 25.6. The van der Waals surface area contributed by atoms with Crippen LogP contribution in [0.5, 0.6) is 0 Å². The highest BCUT2D eigenvalue weighted by Crippen LogP contribution is 2.54. The van der Waals surface area contributed by atoms with Crippen LogP contribution in [0.3, 0.4) is 0 Å². The zero-order chi connectivity index (χ0) is 105. The highest BCUT2D eigenvalue weighted by molar-refractivity contribution is 7.91. The zero-order valence-corrected chi connectivity index (χ0v) is 96.8. The van der Waals surface area contributed by atoms with E-state index in [1.807, 2.05) is 0 Å². The minimum atomic E-state index is -3.14. The van der Waals surface area contributed by atoms with Crippen LogP contribution in [0, 0.1) is 0 Å². The van der Waals surface area contributed by atoms with Gasteiger partial charge in [-0.1, -0.05) is 173 Å². The predicted octanol–water partition coefficient (Wildman–Crippen LogP) is 13.3. The third kappa shape index (κ3) is 26.9. The molecule has 6 aromatic rings. The zero-order valence-electron chi connectivity index (χ0n) is 86.7. The molecule has 4 N–H and O–H groups in total. The lowest BCUT2D eigenvalue weighted by Crippen LogP contribution is -2.66. The van der Waals surface area contributed by atoms with Gasteiger partial charge in [-0.05, 0) is 134 Å². The van der Waals surface area contributed by atoms with Gasteiger partial charge in [0.15, 0.2) is 45.8 Å². The van der Waals surface area contributed by atoms with Crippen LogP contribution >= 0.6 is 36.7 Å². The lowest BCUT2D eigenvalue weighted by Gasteiger charge is -2.51. The Morgan fingerprint density at radius 1 is 0.415 bits per heavy atom. The van der Waals surface area contributed by atoms with E-state index in [1.165, 1.54) is 71.4 Å². The average Bonchev–Trinajstić information content (AvgIpc) is 1.49. The summed E-state index contributed by atoms with van der Waals surface area (Å²) in [6.07, 6.45) is 12.9. The summed E-state index contributed by atoms with van der Waals surface area (Å²) in [5, 5.41) is 19.9. The number of aliphatic hydroxyl groups excluding tert-OH is 1. The van der Waals surface area contributed by atoms with Gasteiger partial charge in [0.25, 0.3) is 15.9 Å². The van der Waals surface area contributed by atoms with Crippen molar-refractivity contribution < 1.29 is 98.9 Å². The van der Waals surface area contributed by atoms with Gasteiger partial charge in [-0.25, -0.2) is 41.4 Å². The number of nitrogens with one attached hydrogen (secondary N) is 3. The SMILES string of the molecule is CC(=O)Nc1ccn([C@@H]2O[C@@H]3CO[Si](C(C)C)(C(C)C)O[Si](C(C)C)(C(C)C)OC3[C@@H]2O)c(=O)n1.CC(=O)Nc1ccn([C@@H]2O[C@@H]3CO[Si](C(C)C)(C(C)C)O[Si](C(C)C)(C(C)C)OC3[C@@H]2OC(=S)N2CCS(=O)(=O)CC2)c(=O)c1.CC(=O)Nc1ccn([C@@H]2O[C@@H]3CO[Si](C(C)C)(C(C)C)O[Si](C(C)C)(C(C)C)OC3[C@@H]2OC(=S)n2ccnc2)c(=O)n1.O=S1(=O)CCCCC1.S=C(n1ccnc1)n1ccnc1. The molecule has 0 bridgehead atoms. The first-order valence-electron chi connectivity index (χ1n) is 49.0. The predicted molar refractivity (Wildman–Crippen MR) is 563 cm³/mol. The third-order valence-corrected chi connectivity index (χ3v) is 62.1. The first-order valence-corrected chi connectivity index (χ1v) is 65.7. The van der Waals surface area contributed by atoms with E-state index >= 15 is 0 Å². The third-order valence-electron chi connectivity index (χ3n) is 26.9. The number of nitrogens with zero attached hydrogens (tertiary/aromatic N) is 12. The number of rotatable bonds is 20. The van der Waals surface area contributed by atoms with Crippen LogP contribution in [0.2, 0.25) is 66.5 Å². The topological polar surface area (TPSA) is 454 Å². The fourth-order valence-corrected chi connectivity index (χ4v) is 56.5. The number of thiocarbonyl (C=S) groups is 3. The van der Waals surface area contributed by atoms with E-state index in [2.05, 4.69) is 207 Å². The second-order valence-electron chi connectivity index (χ2n) is 40.8. The molecule has 0 radical (unpaired) electrons. The van der Waals surface area contributed by atoms with Crippen molar-refractivity contribution in [2.45, 2.75) is 346 Å². The second kappa shape index (κ2) is 49.0. The Morgan fingerprint density at radius 3 is 1.07 bits per heavy atom. The number of carbonyl (C=O) groups excluding carboxylic acids is 3. The van der Waals surface area contributed by atoms with Gasteiger partial charge in [0.05, 0.1) is 42.8 Å². The highest BCUT2D eigenvalue weighted by atomic mass is 32.2. The fraction of sp³-hybridized carbons (Fsp3) is 0.692. The number of aliphatic hydroxyl groups is 1. The van der Waals surface area contributed by atoms with Gasteiger partial charge in [-0.15, -0.1) is 0 Å². The summed E-state index contributed by atoms with van der Waals surface area (Å²) in [6, 6.07) is 5.98. The molecule has 3 amide bonds. The van der Waals surface area contributed by atoms with E-state index in [1.54, 1.807) is 80.7 Å². The number of ether oxygens (including phenoxy) is 5. The summed E-state index contributed by atoms with van der Waals surface area (Å²) in [4.78, 5) is 95.5. The van der Waals surface area contributed by atoms with E-state index in [0.29, 0.717) is 22.3 Å². The number of amides is 3. The molecule has 142 heavy (non-hydrogen) atoms. The molecule has 14 rings (SSSR count). The molecule has 8 aliphatic heterocycles. The maximum absolute atomic E-state index is 13.5. The molecule has 6 aromatic heterocycles. The molecule has 0 spiro atoms. The Morgan fingerprint density at radius 2 is 0.739 bits per heavy atom. The minimum absolute atomic E-state index is 0.0246. The number of anilines is 3. The van der Waals surface area contributed by atoms with Crippen molar-refractivity contribution >= 4 is 158 Å². The molecule has 3 unspecified atom stereocenters. The molecule has 0 saturated carbocycles. The lowest BCUT2D eigenvalue weighted by molar-refractivity contribution is -0.115. The molecular weight excluding hydrogens is 2030 g/mol. The van der Waals surface area contributed by atoms with Crippen molar-refractivity contribution in [3.05, 3.63) is 130 Å². The van der Waals surface area contributed by atoms with Crippen LogP contribution in [-0.2, 0) is 96.6 Å². The molecule has 14 heterocycles. The largest absolute Gasteiger partial charge is 0.460 e. The Hall–Kier alpha value is -6.90. The van der Waals surface area contributed by atoms with Gasteiger partial charge >= 0.3 is 62.7 Å². The summed E-state index contributed by atoms with van der Waals surface area (Å²) < 4.78 is 150. The number of hydrogen-bond acceptors (Lipinski definition) is 33. The number of aromatic nitrogens is 11. The number of imidazole rings is 3. The summed E-state index contributed by atoms with van der Waals surface area (Å²) in [5.41, 5.74) is 0.0816. The van der Waals surface area contributed by atoms with Crippen molar-refractivity contribution in [1.82, 2.24) is 57.2 Å². The Labute approximate surface area is 856 Å². The standard InChI is InChI=1S/C29H49N3O9S2Si2.C27H43N5O7SSi2.C23H41N3O7Si2.C7H6N4S.C5H10O2S/c1-18(2)44(19(3)4)37-17-24-26(40-45(41-44,20(5)6)21(7)8)27(39-29(42)31-12-14-43(35,36)15-13-31)28(38-24)32-11-10-23(16-25(32)34)30-22(9)33;1-16(2)41(17(3)4)35-14-21-23(38-42(39-41,18(5)6)19(7)8)24(37-27(40)31-13-11-28-15-31)25(36-21)32-12-10-22(29-20(9)33)30-26(32)34;1-13(2)34(14(3)4)30-12-18-21(32-35(33-34,15(5)6)16(7)8)20(28)22(31-18)26-11-10-19(24-17(9)27)25-23(26)29;12-7(10-3-1-8-5-10)11-4-2-9-6-11;6-8(7)4-2-1-3-5-8/h10-11,16,18-21,24,26-28H,12-15,17H2,1-9H3,(H,30,33);10-13,15-19,21,23-25H,14H2,1-9H3,(H,29,30,33,34);10-11,13-16,18,20-22,28H,12H2,1-9H3,(H,24,25,27,29);1-6H;1-5H2/t24-,26?,27+,28-;21-,23?,24+,25-;18-,20+,21?,22-;;/m111../s1. The quantitative estimate of drug-likeness (QED) is 0.0407. The summed E-state index contributed by atoms with van der Waals surface area (Å²) >= 11 is 16.5. The maximum Gasteiger partial charge on any atom is 0.351 e. The van der Waals surface area contributed by atoms with Crippen molar-refractivity contribution in [2.75, 3.05) is 71.9 Å². The molecule has 8 saturated heterocycles. The van der Waals surface area contributed by atoms with Gasteiger partial charge in [-0.3, -0.25) is 46.6 Å². The van der Waals surface area contributed by atoms with E-state index in [-0.39, 0.29) is 151 Å². The first kappa shape index (κ1) is 117. The Bertz CT molecular complexity index is 5580. The summed E-state index contributed by atoms with van der Waals surface area (Å²) in [7, 11) is -23.2. The molecule has 0 aromatic carbocycles. The molecule has 51 heteroatoms. The van der Waals surface area contributed by atoms with Crippen LogP contribution in [0.25, 0.3) is 0 Å². The monoisotopic (exact) mass is 2180 g/mol.